The summed E-state index contributed by atoms with van der Waals surface area (Å²) < 4.78 is 5.44. The molecule has 0 heterocycles. The van der Waals surface area contributed by atoms with E-state index in [-0.39, 0.29) is 12.5 Å². The number of aliphatic carboxylic acids is 1. The Morgan fingerprint density at radius 1 is 1.42 bits per heavy atom. The zero-order valence-corrected chi connectivity index (χ0v) is 11.2. The molecule has 1 amide bonds. The topological polar surface area (TPSA) is 75.6 Å². The summed E-state index contributed by atoms with van der Waals surface area (Å²) in [5.74, 6) is -1.19. The zero-order valence-electron chi connectivity index (χ0n) is 11.2. The molecule has 0 bridgehead atoms. The summed E-state index contributed by atoms with van der Waals surface area (Å²) in [6.45, 7) is 4.25. The number of rotatable bonds is 7. The highest BCUT2D eigenvalue weighted by molar-refractivity contribution is 5.94. The van der Waals surface area contributed by atoms with Gasteiger partial charge in [0, 0.05) is 12.1 Å². The second kappa shape index (κ2) is 7.41. The number of carbonyl (C=O) groups excluding carboxylic acids is 1. The van der Waals surface area contributed by atoms with E-state index in [0.717, 1.165) is 6.42 Å². The zero-order chi connectivity index (χ0) is 14.3. The average Bonchev–Trinajstić information content (AvgIpc) is 2.42. The Morgan fingerprint density at radius 2 is 2.16 bits per heavy atom. The minimum atomic E-state index is -0.930. The first-order chi connectivity index (χ1) is 9.04. The van der Waals surface area contributed by atoms with Gasteiger partial charge in [0.25, 0.3) is 5.91 Å². The third-order valence-corrected chi connectivity index (χ3v) is 2.56. The van der Waals surface area contributed by atoms with Crippen LogP contribution < -0.4 is 10.1 Å². The molecule has 0 saturated heterocycles. The van der Waals surface area contributed by atoms with Gasteiger partial charge in [-0.05, 0) is 24.6 Å². The molecule has 0 aromatic heterocycles. The molecule has 1 rings (SSSR count). The minimum Gasteiger partial charge on any atom is -0.494 e. The summed E-state index contributed by atoms with van der Waals surface area (Å²) >= 11 is 0. The number of carbonyl (C=O) groups is 2. The van der Waals surface area contributed by atoms with Crippen LogP contribution >= 0.6 is 0 Å². The standard InChI is InChI=1S/C14H19NO4/c1-3-7-19-12-6-4-5-11(8-12)13(16)15-9-10(2)14(17)18/h4-6,8,10H,3,7,9H2,1-2H3,(H,15,16)(H,17,18). The number of carboxylic acid groups (broad SMARTS) is 1. The molecular weight excluding hydrogens is 246 g/mol. The number of nitrogens with one attached hydrogen (secondary N) is 1. The lowest BCUT2D eigenvalue weighted by Gasteiger charge is -2.10. The van der Waals surface area contributed by atoms with Crippen molar-refractivity contribution < 1.29 is 19.4 Å². The monoisotopic (exact) mass is 265 g/mol. The third-order valence-electron chi connectivity index (χ3n) is 2.56. The van der Waals surface area contributed by atoms with E-state index in [4.69, 9.17) is 9.84 Å². The Balaban J connectivity index is 2.59. The molecule has 1 aromatic rings. The molecule has 104 valence electrons. The summed E-state index contributed by atoms with van der Waals surface area (Å²) in [7, 11) is 0. The fourth-order valence-electron chi connectivity index (χ4n) is 1.38. The van der Waals surface area contributed by atoms with Gasteiger partial charge >= 0.3 is 5.97 Å². The molecule has 0 aliphatic carbocycles. The molecule has 0 spiro atoms. The van der Waals surface area contributed by atoms with Crippen LogP contribution in [0.15, 0.2) is 24.3 Å². The maximum atomic E-state index is 11.8. The van der Waals surface area contributed by atoms with E-state index in [0.29, 0.717) is 17.9 Å². The van der Waals surface area contributed by atoms with Crippen LogP contribution in [0.5, 0.6) is 5.75 Å². The van der Waals surface area contributed by atoms with Crippen LogP contribution in [0.4, 0.5) is 0 Å². The molecule has 0 fully saturated rings. The third kappa shape index (κ3) is 4.99. The average molecular weight is 265 g/mol. The first-order valence-corrected chi connectivity index (χ1v) is 6.28. The Bertz CT molecular complexity index is 445. The summed E-state index contributed by atoms with van der Waals surface area (Å²) in [6.07, 6.45) is 0.895. The lowest BCUT2D eigenvalue weighted by Crippen LogP contribution is -2.31. The Morgan fingerprint density at radius 3 is 2.79 bits per heavy atom. The van der Waals surface area contributed by atoms with Gasteiger partial charge in [-0.2, -0.15) is 0 Å². The second-order valence-electron chi connectivity index (χ2n) is 4.33. The van der Waals surface area contributed by atoms with Crippen molar-refractivity contribution in [1.29, 1.82) is 0 Å². The molecule has 0 radical (unpaired) electrons. The highest BCUT2D eigenvalue weighted by Crippen LogP contribution is 2.13. The quantitative estimate of drug-likeness (QED) is 0.789. The van der Waals surface area contributed by atoms with Gasteiger partial charge in [-0.25, -0.2) is 0 Å². The first kappa shape index (κ1) is 15.0. The van der Waals surface area contributed by atoms with Gasteiger partial charge in [0.1, 0.15) is 5.75 Å². The minimum absolute atomic E-state index is 0.105. The number of amides is 1. The Labute approximate surface area is 112 Å². The predicted molar refractivity (Wildman–Crippen MR) is 71.4 cm³/mol. The van der Waals surface area contributed by atoms with Gasteiger partial charge in [0.2, 0.25) is 0 Å². The lowest BCUT2D eigenvalue weighted by molar-refractivity contribution is -0.140. The van der Waals surface area contributed by atoms with E-state index < -0.39 is 11.9 Å². The highest BCUT2D eigenvalue weighted by Gasteiger charge is 2.13. The maximum absolute atomic E-state index is 11.8. The predicted octanol–water partition coefficient (Wildman–Crippen LogP) is 1.93. The summed E-state index contributed by atoms with van der Waals surface area (Å²) in [5.41, 5.74) is 0.464. The van der Waals surface area contributed by atoms with Gasteiger partial charge < -0.3 is 15.2 Å². The van der Waals surface area contributed by atoms with Crippen molar-refractivity contribution in [2.24, 2.45) is 5.92 Å². The summed E-state index contributed by atoms with van der Waals surface area (Å²) in [5, 5.41) is 11.3. The van der Waals surface area contributed by atoms with Gasteiger partial charge in [0.05, 0.1) is 12.5 Å². The lowest BCUT2D eigenvalue weighted by atomic mass is 10.1. The molecule has 1 unspecified atom stereocenters. The number of hydrogen-bond donors (Lipinski definition) is 2. The van der Waals surface area contributed by atoms with Crippen LogP contribution in [0.3, 0.4) is 0 Å². The highest BCUT2D eigenvalue weighted by atomic mass is 16.5. The molecule has 1 aromatic carbocycles. The van der Waals surface area contributed by atoms with Crippen LogP contribution in [0.2, 0.25) is 0 Å². The smallest absolute Gasteiger partial charge is 0.308 e. The molecule has 19 heavy (non-hydrogen) atoms. The van der Waals surface area contributed by atoms with E-state index in [9.17, 15) is 9.59 Å². The summed E-state index contributed by atoms with van der Waals surface area (Å²) in [6, 6.07) is 6.84. The molecule has 0 aliphatic heterocycles. The van der Waals surface area contributed by atoms with Crippen molar-refractivity contribution in [3.8, 4) is 5.75 Å². The van der Waals surface area contributed by atoms with E-state index >= 15 is 0 Å². The number of benzene rings is 1. The molecule has 1 atom stereocenters. The Hall–Kier alpha value is -2.04. The largest absolute Gasteiger partial charge is 0.494 e. The van der Waals surface area contributed by atoms with Gasteiger partial charge in [-0.1, -0.05) is 19.9 Å². The van der Waals surface area contributed by atoms with Gasteiger partial charge in [-0.15, -0.1) is 0 Å². The van der Waals surface area contributed by atoms with Crippen molar-refractivity contribution >= 4 is 11.9 Å². The van der Waals surface area contributed by atoms with E-state index in [1.54, 1.807) is 31.2 Å². The molecule has 0 saturated carbocycles. The first-order valence-electron chi connectivity index (χ1n) is 6.28. The van der Waals surface area contributed by atoms with Crippen molar-refractivity contribution in [3.05, 3.63) is 29.8 Å². The number of hydrogen-bond acceptors (Lipinski definition) is 3. The van der Waals surface area contributed by atoms with Gasteiger partial charge in [-0.3, -0.25) is 9.59 Å². The molecule has 5 nitrogen and oxygen atoms in total. The van der Waals surface area contributed by atoms with E-state index in [1.165, 1.54) is 0 Å². The SMILES string of the molecule is CCCOc1cccc(C(=O)NCC(C)C(=O)O)c1. The fraction of sp³-hybridized carbons (Fsp3) is 0.429. The second-order valence-corrected chi connectivity index (χ2v) is 4.33. The molecule has 5 heteroatoms. The van der Waals surface area contributed by atoms with Crippen molar-refractivity contribution in [2.45, 2.75) is 20.3 Å². The van der Waals surface area contributed by atoms with Gasteiger partial charge in [0.15, 0.2) is 0 Å². The summed E-state index contributed by atoms with van der Waals surface area (Å²) in [4.78, 5) is 22.5. The molecular formula is C14H19NO4. The molecule has 0 aliphatic rings. The van der Waals surface area contributed by atoms with Crippen LogP contribution in [0.25, 0.3) is 0 Å². The van der Waals surface area contributed by atoms with Crippen molar-refractivity contribution in [2.75, 3.05) is 13.2 Å². The Kier molecular flexibility index (Phi) is 5.85. The van der Waals surface area contributed by atoms with E-state index in [2.05, 4.69) is 5.32 Å². The maximum Gasteiger partial charge on any atom is 0.308 e. The van der Waals surface area contributed by atoms with Crippen LogP contribution in [0, 0.1) is 5.92 Å². The van der Waals surface area contributed by atoms with Crippen LogP contribution in [0.1, 0.15) is 30.6 Å². The van der Waals surface area contributed by atoms with Crippen molar-refractivity contribution in [1.82, 2.24) is 5.32 Å². The fourth-order valence-corrected chi connectivity index (χ4v) is 1.38. The van der Waals surface area contributed by atoms with Crippen LogP contribution in [-0.4, -0.2) is 30.1 Å². The number of carboxylic acids is 1. The molecule has 2 N–H and O–H groups in total. The van der Waals surface area contributed by atoms with Crippen molar-refractivity contribution in [3.63, 3.8) is 0 Å². The van der Waals surface area contributed by atoms with Crippen LogP contribution in [-0.2, 0) is 4.79 Å². The number of ether oxygens (including phenoxy) is 1. The van der Waals surface area contributed by atoms with E-state index in [1.807, 2.05) is 6.92 Å². The normalized spacial score (nSPS) is 11.7.